The predicted molar refractivity (Wildman–Crippen MR) is 121 cm³/mol. The normalized spacial score (nSPS) is 10.9. The number of amides is 1. The number of carbonyl (C=O) groups excluding carboxylic acids is 2. The molecule has 0 atom stereocenters. The largest absolute Gasteiger partial charge is 0.454 e. The van der Waals surface area contributed by atoms with Crippen molar-refractivity contribution in [3.63, 3.8) is 0 Å². The molecular weight excluding hydrogens is 458 g/mol. The second-order valence-corrected chi connectivity index (χ2v) is 8.79. The van der Waals surface area contributed by atoms with Gasteiger partial charge in [0.2, 0.25) is 0 Å². The Hall–Kier alpha value is -3.01. The predicted octanol–water partition coefficient (Wildman–Crippen LogP) is 3.70. The summed E-state index contributed by atoms with van der Waals surface area (Å²) in [5, 5.41) is 7.51. The van der Waals surface area contributed by atoms with Crippen LogP contribution >= 0.6 is 34.3 Å². The van der Waals surface area contributed by atoms with E-state index in [0.29, 0.717) is 15.2 Å². The third kappa shape index (κ3) is 5.01. The first-order valence-electron chi connectivity index (χ1n) is 9.18. The van der Waals surface area contributed by atoms with Gasteiger partial charge in [-0.15, -0.1) is 22.7 Å². The van der Waals surface area contributed by atoms with Crippen molar-refractivity contribution in [1.82, 2.24) is 14.9 Å². The van der Waals surface area contributed by atoms with E-state index in [2.05, 4.69) is 10.3 Å². The molecule has 4 rings (SSSR count). The van der Waals surface area contributed by atoms with Gasteiger partial charge in [-0.1, -0.05) is 29.8 Å². The zero-order valence-electron chi connectivity index (χ0n) is 16.0. The van der Waals surface area contributed by atoms with Gasteiger partial charge in [-0.25, -0.2) is 4.98 Å². The Bertz CT molecular complexity index is 1300. The van der Waals surface area contributed by atoms with E-state index in [1.54, 1.807) is 18.2 Å². The third-order valence-electron chi connectivity index (χ3n) is 4.39. The lowest BCUT2D eigenvalue weighted by Crippen LogP contribution is -2.31. The number of thiophene rings is 2. The summed E-state index contributed by atoms with van der Waals surface area (Å²) in [5.41, 5.74) is 1.31. The number of nitrogens with zero attached hydrogens (tertiary/aromatic N) is 2. The van der Waals surface area contributed by atoms with Crippen LogP contribution in [0.3, 0.4) is 0 Å². The molecule has 0 saturated heterocycles. The molecule has 158 valence electrons. The minimum absolute atomic E-state index is 0.265. The first-order valence-corrected chi connectivity index (χ1v) is 11.3. The van der Waals surface area contributed by atoms with E-state index in [1.807, 2.05) is 29.0 Å². The Labute approximate surface area is 189 Å². The number of rotatable bonds is 7. The highest BCUT2D eigenvalue weighted by Crippen LogP contribution is 2.33. The van der Waals surface area contributed by atoms with Gasteiger partial charge in [0, 0.05) is 27.4 Å². The van der Waals surface area contributed by atoms with Gasteiger partial charge in [0.25, 0.3) is 11.5 Å². The molecule has 0 saturated carbocycles. The van der Waals surface area contributed by atoms with Crippen LogP contribution in [0.25, 0.3) is 20.7 Å². The number of esters is 1. The average Bonchev–Trinajstić information content (AvgIpc) is 3.43. The van der Waals surface area contributed by atoms with Gasteiger partial charge in [0.1, 0.15) is 11.4 Å². The second-order valence-electron chi connectivity index (χ2n) is 6.55. The first kappa shape index (κ1) is 21.2. The molecule has 0 fully saturated rings. The molecule has 1 N–H and O–H groups in total. The summed E-state index contributed by atoms with van der Waals surface area (Å²) in [5.74, 6) is -1.15. The smallest absolute Gasteiger partial charge is 0.326 e. The van der Waals surface area contributed by atoms with E-state index in [1.165, 1.54) is 33.6 Å². The number of hydrogen-bond donors (Lipinski definition) is 1. The molecule has 3 heterocycles. The lowest BCUT2D eigenvalue weighted by atomic mass is 10.2. The van der Waals surface area contributed by atoms with Crippen molar-refractivity contribution in [1.29, 1.82) is 0 Å². The van der Waals surface area contributed by atoms with Crippen molar-refractivity contribution in [2.75, 3.05) is 6.61 Å². The monoisotopic (exact) mass is 473 g/mol. The molecule has 0 aliphatic carbocycles. The van der Waals surface area contributed by atoms with E-state index in [9.17, 15) is 14.4 Å². The molecule has 0 aliphatic heterocycles. The summed E-state index contributed by atoms with van der Waals surface area (Å²) in [6.07, 6.45) is 1.32. The molecule has 10 heteroatoms. The second kappa shape index (κ2) is 9.42. The average molecular weight is 474 g/mol. The van der Waals surface area contributed by atoms with Gasteiger partial charge in [-0.2, -0.15) is 0 Å². The summed E-state index contributed by atoms with van der Waals surface area (Å²) < 4.78 is 6.20. The highest BCUT2D eigenvalue weighted by molar-refractivity contribution is 7.18. The maximum Gasteiger partial charge on any atom is 0.326 e. The van der Waals surface area contributed by atoms with E-state index >= 15 is 0 Å². The van der Waals surface area contributed by atoms with Crippen molar-refractivity contribution >= 4 is 56.4 Å². The van der Waals surface area contributed by atoms with Crippen LogP contribution in [0.1, 0.15) is 5.56 Å². The molecule has 4 aromatic rings. The standard InChI is InChI=1S/C21H16ClN3O4S2/c22-14-4-1-3-13(7-14)8-23-17(26)10-29-18(27)9-25-12-24-20-19(21(25)28)15(11-31-20)16-5-2-6-30-16/h1-7,11-12H,8-10H2,(H,23,26). The van der Waals surface area contributed by atoms with Crippen LogP contribution in [0.2, 0.25) is 5.02 Å². The van der Waals surface area contributed by atoms with E-state index in [4.69, 9.17) is 16.3 Å². The van der Waals surface area contributed by atoms with Crippen LogP contribution in [-0.2, 0) is 27.4 Å². The Morgan fingerprint density at radius 3 is 2.84 bits per heavy atom. The van der Waals surface area contributed by atoms with Gasteiger partial charge in [0.05, 0.1) is 11.7 Å². The number of nitrogens with one attached hydrogen (secondary N) is 1. The lowest BCUT2D eigenvalue weighted by molar-refractivity contribution is -0.149. The van der Waals surface area contributed by atoms with Gasteiger partial charge in [0.15, 0.2) is 6.61 Å². The first-order chi connectivity index (χ1) is 15.0. The minimum Gasteiger partial charge on any atom is -0.454 e. The molecule has 0 radical (unpaired) electrons. The van der Waals surface area contributed by atoms with Crippen LogP contribution < -0.4 is 10.9 Å². The minimum atomic E-state index is -0.700. The summed E-state index contributed by atoms with van der Waals surface area (Å²) >= 11 is 8.81. The van der Waals surface area contributed by atoms with Gasteiger partial charge in [-0.05, 0) is 29.1 Å². The number of carbonyl (C=O) groups is 2. The SMILES string of the molecule is O=C(COC(=O)Cn1cnc2scc(-c3cccs3)c2c1=O)NCc1cccc(Cl)c1. The highest BCUT2D eigenvalue weighted by Gasteiger charge is 2.16. The number of halogens is 1. The number of aromatic nitrogens is 2. The van der Waals surface area contributed by atoms with Crippen LogP contribution in [0, 0.1) is 0 Å². The number of hydrogen-bond acceptors (Lipinski definition) is 7. The van der Waals surface area contributed by atoms with Gasteiger partial charge in [-0.3, -0.25) is 19.0 Å². The van der Waals surface area contributed by atoms with Crippen LogP contribution in [-0.4, -0.2) is 28.0 Å². The van der Waals surface area contributed by atoms with Crippen molar-refractivity contribution < 1.29 is 14.3 Å². The van der Waals surface area contributed by atoms with Crippen molar-refractivity contribution in [2.45, 2.75) is 13.1 Å². The topological polar surface area (TPSA) is 90.3 Å². The Kier molecular flexibility index (Phi) is 6.45. The molecule has 0 aliphatic rings. The van der Waals surface area contributed by atoms with Gasteiger partial charge < -0.3 is 10.1 Å². The van der Waals surface area contributed by atoms with Crippen molar-refractivity contribution in [3.05, 3.63) is 74.4 Å². The zero-order chi connectivity index (χ0) is 21.8. The fourth-order valence-corrected chi connectivity index (χ4v) is 4.86. The lowest BCUT2D eigenvalue weighted by Gasteiger charge is -2.08. The number of fused-ring (bicyclic) bond motifs is 1. The molecule has 1 amide bonds. The van der Waals surface area contributed by atoms with E-state index in [-0.39, 0.29) is 18.6 Å². The Morgan fingerprint density at radius 1 is 1.19 bits per heavy atom. The molecular formula is C21H16ClN3O4S2. The van der Waals surface area contributed by atoms with E-state index in [0.717, 1.165) is 16.0 Å². The number of benzene rings is 1. The third-order valence-corrected chi connectivity index (χ3v) is 6.41. The van der Waals surface area contributed by atoms with E-state index < -0.39 is 18.5 Å². The number of ether oxygens (including phenoxy) is 1. The highest BCUT2D eigenvalue weighted by atomic mass is 35.5. The quantitative estimate of drug-likeness (QED) is 0.413. The summed E-state index contributed by atoms with van der Waals surface area (Å²) in [4.78, 5) is 42.9. The van der Waals surface area contributed by atoms with Crippen molar-refractivity contribution in [2.24, 2.45) is 0 Å². The molecule has 3 aromatic heterocycles. The fourth-order valence-electron chi connectivity index (χ4n) is 2.92. The molecule has 31 heavy (non-hydrogen) atoms. The van der Waals surface area contributed by atoms with Crippen LogP contribution in [0.15, 0.2) is 58.3 Å². The Morgan fingerprint density at radius 2 is 2.06 bits per heavy atom. The van der Waals surface area contributed by atoms with Crippen molar-refractivity contribution in [3.8, 4) is 10.4 Å². The van der Waals surface area contributed by atoms with Gasteiger partial charge >= 0.3 is 5.97 Å². The molecule has 0 bridgehead atoms. The fraction of sp³-hybridized carbons (Fsp3) is 0.143. The molecule has 1 aromatic carbocycles. The summed E-state index contributed by atoms with van der Waals surface area (Å²) in [7, 11) is 0. The maximum atomic E-state index is 12.9. The molecule has 7 nitrogen and oxygen atoms in total. The summed E-state index contributed by atoms with van der Waals surface area (Å²) in [6, 6.07) is 10.9. The summed E-state index contributed by atoms with van der Waals surface area (Å²) in [6.45, 7) is -0.508. The van der Waals surface area contributed by atoms with Crippen LogP contribution in [0.4, 0.5) is 0 Å². The Balaban J connectivity index is 1.37. The zero-order valence-corrected chi connectivity index (χ0v) is 18.4. The molecule has 0 spiro atoms. The van der Waals surface area contributed by atoms with Crippen LogP contribution in [0.5, 0.6) is 0 Å². The maximum absolute atomic E-state index is 12.9. The molecule has 0 unspecified atom stereocenters.